The van der Waals surface area contributed by atoms with Crippen LogP contribution in [0.15, 0.2) is 0 Å². The first-order chi connectivity index (χ1) is 6.11. The normalized spacial score (nSPS) is 39.5. The number of aliphatic carboxylic acids is 1. The van der Waals surface area contributed by atoms with Gasteiger partial charge in [0.15, 0.2) is 0 Å². The molecule has 2 aliphatic rings. The minimum Gasteiger partial charge on any atom is -0.481 e. The number of carbonyl (C=O) groups is 2. The minimum atomic E-state index is -0.753. The number of fused-ring (bicyclic) bond motifs is 2. The molecule has 2 bridgehead atoms. The molecule has 2 aliphatic carbocycles. The van der Waals surface area contributed by atoms with Gasteiger partial charge < -0.3 is 5.11 Å². The molecule has 3 nitrogen and oxygen atoms in total. The van der Waals surface area contributed by atoms with Gasteiger partial charge >= 0.3 is 5.97 Å². The second-order valence-electron chi connectivity index (χ2n) is 4.32. The molecule has 0 aromatic heterocycles. The van der Waals surface area contributed by atoms with Gasteiger partial charge in [0.05, 0.1) is 5.92 Å². The maximum absolute atomic E-state index is 11.4. The zero-order valence-corrected chi connectivity index (χ0v) is 7.69. The van der Waals surface area contributed by atoms with E-state index in [1.54, 1.807) is 6.92 Å². The van der Waals surface area contributed by atoms with Crippen LogP contribution in [0.5, 0.6) is 0 Å². The molecule has 0 amide bonds. The number of carboxylic acids is 1. The molecule has 72 valence electrons. The molecule has 0 radical (unpaired) electrons. The van der Waals surface area contributed by atoms with Crippen molar-refractivity contribution in [1.82, 2.24) is 0 Å². The van der Waals surface area contributed by atoms with Crippen molar-refractivity contribution in [3.8, 4) is 0 Å². The topological polar surface area (TPSA) is 54.4 Å². The van der Waals surface area contributed by atoms with Gasteiger partial charge in [-0.05, 0) is 24.7 Å². The lowest BCUT2D eigenvalue weighted by Crippen LogP contribution is -2.25. The van der Waals surface area contributed by atoms with Gasteiger partial charge in [-0.25, -0.2) is 0 Å². The van der Waals surface area contributed by atoms with E-state index >= 15 is 0 Å². The van der Waals surface area contributed by atoms with Crippen molar-refractivity contribution >= 4 is 11.8 Å². The quantitative estimate of drug-likeness (QED) is 0.700. The molecule has 1 N–H and O–H groups in total. The van der Waals surface area contributed by atoms with E-state index < -0.39 is 5.97 Å². The van der Waals surface area contributed by atoms with E-state index in [1.165, 1.54) is 0 Å². The van der Waals surface area contributed by atoms with Crippen molar-refractivity contribution in [2.24, 2.45) is 23.7 Å². The summed E-state index contributed by atoms with van der Waals surface area (Å²) in [7, 11) is 0. The lowest BCUT2D eigenvalue weighted by Gasteiger charge is -2.18. The van der Waals surface area contributed by atoms with Gasteiger partial charge in [0.25, 0.3) is 0 Å². The second kappa shape index (κ2) is 2.82. The first-order valence-corrected chi connectivity index (χ1v) is 4.86. The summed E-state index contributed by atoms with van der Waals surface area (Å²) in [6.45, 7) is 1.73. The first kappa shape index (κ1) is 8.73. The lowest BCUT2D eigenvalue weighted by molar-refractivity contribution is -0.143. The van der Waals surface area contributed by atoms with Crippen LogP contribution in [0.1, 0.15) is 26.2 Å². The average Bonchev–Trinajstić information content (AvgIpc) is 2.58. The maximum Gasteiger partial charge on any atom is 0.306 e. The van der Waals surface area contributed by atoms with Crippen molar-refractivity contribution in [2.45, 2.75) is 26.2 Å². The van der Waals surface area contributed by atoms with Crippen LogP contribution in [-0.4, -0.2) is 16.9 Å². The van der Waals surface area contributed by atoms with Gasteiger partial charge in [0, 0.05) is 12.3 Å². The Morgan fingerprint density at radius 3 is 2.62 bits per heavy atom. The van der Waals surface area contributed by atoms with Crippen LogP contribution in [0.4, 0.5) is 0 Å². The summed E-state index contributed by atoms with van der Waals surface area (Å²) in [4.78, 5) is 22.2. The van der Waals surface area contributed by atoms with Gasteiger partial charge in [-0.1, -0.05) is 6.92 Å². The minimum absolute atomic E-state index is 0.0658. The molecular weight excluding hydrogens is 168 g/mol. The summed E-state index contributed by atoms with van der Waals surface area (Å²) in [6, 6.07) is 0. The molecule has 4 atom stereocenters. The number of ketones is 1. The van der Waals surface area contributed by atoms with Crippen molar-refractivity contribution in [3.63, 3.8) is 0 Å². The summed E-state index contributed by atoms with van der Waals surface area (Å²) in [6.07, 6.45) is 2.61. The van der Waals surface area contributed by atoms with E-state index in [2.05, 4.69) is 0 Å². The van der Waals surface area contributed by atoms with Gasteiger partial charge in [-0.3, -0.25) is 9.59 Å². The van der Waals surface area contributed by atoms with E-state index in [1.807, 2.05) is 0 Å². The Balaban J connectivity index is 2.17. The number of rotatable bonds is 2. The van der Waals surface area contributed by atoms with E-state index in [0.29, 0.717) is 18.1 Å². The van der Waals surface area contributed by atoms with Crippen molar-refractivity contribution in [1.29, 1.82) is 0 Å². The third kappa shape index (κ3) is 1.18. The molecule has 2 fully saturated rings. The van der Waals surface area contributed by atoms with Gasteiger partial charge in [-0.2, -0.15) is 0 Å². The largest absolute Gasteiger partial charge is 0.481 e. The van der Waals surface area contributed by atoms with Crippen LogP contribution < -0.4 is 0 Å². The van der Waals surface area contributed by atoms with E-state index in [4.69, 9.17) is 5.11 Å². The molecule has 2 rings (SSSR count). The number of Topliss-reactive ketones (excluding diaryl/α,β-unsaturated/α-hetero) is 1. The zero-order valence-electron chi connectivity index (χ0n) is 7.69. The fourth-order valence-corrected chi connectivity index (χ4v) is 3.05. The Labute approximate surface area is 77.1 Å². The summed E-state index contributed by atoms with van der Waals surface area (Å²) >= 11 is 0. The fourth-order valence-electron chi connectivity index (χ4n) is 3.05. The summed E-state index contributed by atoms with van der Waals surface area (Å²) in [5, 5.41) is 8.88. The maximum atomic E-state index is 11.4. The van der Waals surface area contributed by atoms with E-state index in [-0.39, 0.29) is 17.8 Å². The van der Waals surface area contributed by atoms with Gasteiger partial charge in [-0.15, -0.1) is 0 Å². The highest BCUT2D eigenvalue weighted by Gasteiger charge is 2.50. The van der Waals surface area contributed by atoms with Crippen LogP contribution in [-0.2, 0) is 9.59 Å². The Bertz CT molecular complexity index is 259. The highest BCUT2D eigenvalue weighted by Crippen LogP contribution is 2.50. The Morgan fingerprint density at radius 2 is 2.23 bits per heavy atom. The van der Waals surface area contributed by atoms with Crippen LogP contribution in [0.3, 0.4) is 0 Å². The molecule has 0 spiro atoms. The Hall–Kier alpha value is -0.860. The fraction of sp³-hybridized carbons (Fsp3) is 0.800. The number of hydrogen-bond donors (Lipinski definition) is 1. The number of hydrogen-bond acceptors (Lipinski definition) is 2. The summed E-state index contributed by atoms with van der Waals surface area (Å²) < 4.78 is 0. The van der Waals surface area contributed by atoms with E-state index in [9.17, 15) is 9.59 Å². The summed E-state index contributed by atoms with van der Waals surface area (Å²) in [5.74, 6) is -0.236. The predicted molar refractivity (Wildman–Crippen MR) is 46.1 cm³/mol. The molecule has 0 aromatic carbocycles. The molecule has 3 heteroatoms. The smallest absolute Gasteiger partial charge is 0.306 e. The monoisotopic (exact) mass is 182 g/mol. The SMILES string of the molecule is CC(C(=O)O)C1C2CCC1C(=O)C2. The Kier molecular flexibility index (Phi) is 1.90. The average molecular weight is 182 g/mol. The molecular formula is C10H14O3. The molecule has 0 aromatic rings. The first-order valence-electron chi connectivity index (χ1n) is 4.86. The van der Waals surface area contributed by atoms with Crippen LogP contribution in [0, 0.1) is 23.7 Å². The Morgan fingerprint density at radius 1 is 1.54 bits per heavy atom. The van der Waals surface area contributed by atoms with E-state index in [0.717, 1.165) is 12.8 Å². The molecule has 0 heterocycles. The molecule has 0 saturated heterocycles. The highest BCUT2D eigenvalue weighted by atomic mass is 16.4. The predicted octanol–water partition coefficient (Wildman–Crippen LogP) is 1.32. The van der Waals surface area contributed by atoms with Gasteiger partial charge in [0.1, 0.15) is 5.78 Å². The molecule has 4 unspecified atom stereocenters. The van der Waals surface area contributed by atoms with Crippen LogP contribution >= 0.6 is 0 Å². The molecule has 13 heavy (non-hydrogen) atoms. The van der Waals surface area contributed by atoms with Crippen molar-refractivity contribution in [2.75, 3.05) is 0 Å². The van der Waals surface area contributed by atoms with Gasteiger partial charge in [0.2, 0.25) is 0 Å². The standard InChI is InChI=1S/C10H14O3/c1-5(10(12)13)9-6-2-3-7(9)8(11)4-6/h5-7,9H,2-4H2,1H3,(H,12,13). The third-order valence-electron chi connectivity index (χ3n) is 3.70. The number of carbonyl (C=O) groups excluding carboxylic acids is 1. The summed E-state index contributed by atoms with van der Waals surface area (Å²) in [5.41, 5.74) is 0. The highest BCUT2D eigenvalue weighted by molar-refractivity contribution is 5.86. The van der Waals surface area contributed by atoms with Crippen molar-refractivity contribution < 1.29 is 14.7 Å². The number of carboxylic acid groups (broad SMARTS) is 1. The van der Waals surface area contributed by atoms with Crippen LogP contribution in [0.25, 0.3) is 0 Å². The molecule has 2 saturated carbocycles. The lowest BCUT2D eigenvalue weighted by atomic mass is 9.85. The second-order valence-corrected chi connectivity index (χ2v) is 4.32. The van der Waals surface area contributed by atoms with Crippen LogP contribution in [0.2, 0.25) is 0 Å². The zero-order chi connectivity index (χ0) is 9.59. The molecule has 0 aliphatic heterocycles. The van der Waals surface area contributed by atoms with Crippen molar-refractivity contribution in [3.05, 3.63) is 0 Å². The third-order valence-corrected chi connectivity index (χ3v) is 3.70.